The van der Waals surface area contributed by atoms with Gasteiger partial charge in [-0.15, -0.1) is 0 Å². The molecule has 1 aromatic rings. The summed E-state index contributed by atoms with van der Waals surface area (Å²) in [5.41, 5.74) is 1.88. The average molecular weight is 336 g/mol. The second kappa shape index (κ2) is 7.10. The highest BCUT2D eigenvalue weighted by atomic mass is 79.9. The van der Waals surface area contributed by atoms with Gasteiger partial charge >= 0.3 is 0 Å². The number of nitrogens with zero attached hydrogens (tertiary/aromatic N) is 2. The zero-order valence-corrected chi connectivity index (χ0v) is 13.8. The van der Waals surface area contributed by atoms with E-state index in [2.05, 4.69) is 58.2 Å². The van der Waals surface area contributed by atoms with E-state index in [0.717, 1.165) is 24.1 Å². The molecule has 4 heteroatoms. The highest BCUT2D eigenvalue weighted by Crippen LogP contribution is 2.25. The van der Waals surface area contributed by atoms with Crippen molar-refractivity contribution in [2.24, 2.45) is 5.92 Å². The second-order valence-corrected chi connectivity index (χ2v) is 6.72. The van der Waals surface area contributed by atoms with Crippen LogP contribution in [0.4, 0.5) is 5.69 Å². The summed E-state index contributed by atoms with van der Waals surface area (Å²) in [5.74, 6) is 0.617. The molecule has 20 heavy (non-hydrogen) atoms. The van der Waals surface area contributed by atoms with E-state index in [1.165, 1.54) is 18.5 Å². The highest BCUT2D eigenvalue weighted by molar-refractivity contribution is 9.10. The first-order valence-electron chi connectivity index (χ1n) is 7.28. The summed E-state index contributed by atoms with van der Waals surface area (Å²) in [6.45, 7) is 7.70. The number of anilines is 1. The van der Waals surface area contributed by atoms with Crippen molar-refractivity contribution in [3.63, 3.8) is 0 Å². The molecule has 0 radical (unpaired) electrons. The number of benzene rings is 1. The van der Waals surface area contributed by atoms with Crippen LogP contribution >= 0.6 is 15.9 Å². The first-order valence-corrected chi connectivity index (χ1v) is 8.07. The van der Waals surface area contributed by atoms with Gasteiger partial charge < -0.3 is 10.2 Å². The van der Waals surface area contributed by atoms with Crippen LogP contribution in [0.15, 0.2) is 22.7 Å². The molecule has 0 aromatic heterocycles. The molecular weight excluding hydrogens is 314 g/mol. The first kappa shape index (κ1) is 15.3. The highest BCUT2D eigenvalue weighted by Gasteiger charge is 2.19. The molecule has 1 aliphatic heterocycles. The Balaban J connectivity index is 2.16. The molecule has 1 aromatic carbocycles. The van der Waals surface area contributed by atoms with Crippen LogP contribution < -0.4 is 10.2 Å². The Morgan fingerprint density at radius 3 is 2.85 bits per heavy atom. The fraction of sp³-hybridized carbons (Fsp3) is 0.562. The van der Waals surface area contributed by atoms with Crippen LogP contribution in [-0.2, 0) is 0 Å². The molecular formula is C16H22BrN3. The maximum atomic E-state index is 9.02. The van der Waals surface area contributed by atoms with Gasteiger partial charge in [-0.3, -0.25) is 0 Å². The molecule has 1 atom stereocenters. The van der Waals surface area contributed by atoms with Crippen LogP contribution in [0.2, 0.25) is 0 Å². The first-order chi connectivity index (χ1) is 9.60. The van der Waals surface area contributed by atoms with E-state index in [0.29, 0.717) is 17.5 Å². The molecule has 1 saturated heterocycles. The van der Waals surface area contributed by atoms with E-state index in [1.54, 1.807) is 0 Å². The summed E-state index contributed by atoms with van der Waals surface area (Å²) in [7, 11) is 0. The normalized spacial score (nSPS) is 18.2. The standard InChI is InChI=1S/C16H22BrN3/c1-12(2)10-20(11-14-4-3-7-19-14)15-6-5-13(9-18)16(17)8-15/h5-6,8,12,14,19H,3-4,7,10-11H2,1-2H3. The third kappa shape index (κ3) is 3.97. The molecule has 0 bridgehead atoms. The van der Waals surface area contributed by atoms with Crippen LogP contribution in [0.1, 0.15) is 32.3 Å². The molecule has 0 spiro atoms. The topological polar surface area (TPSA) is 39.1 Å². The Morgan fingerprint density at radius 1 is 1.50 bits per heavy atom. The molecule has 3 nitrogen and oxygen atoms in total. The van der Waals surface area contributed by atoms with E-state index in [9.17, 15) is 0 Å². The predicted molar refractivity (Wildman–Crippen MR) is 86.9 cm³/mol. The van der Waals surface area contributed by atoms with E-state index < -0.39 is 0 Å². The van der Waals surface area contributed by atoms with Crippen molar-refractivity contribution in [2.75, 3.05) is 24.5 Å². The number of nitrogens with one attached hydrogen (secondary N) is 1. The average Bonchev–Trinajstić information content (AvgIpc) is 2.90. The van der Waals surface area contributed by atoms with Crippen LogP contribution in [-0.4, -0.2) is 25.7 Å². The Kier molecular flexibility index (Phi) is 5.45. The minimum absolute atomic E-state index is 0.586. The molecule has 2 rings (SSSR count). The summed E-state index contributed by atoms with van der Waals surface area (Å²) in [5, 5.41) is 12.6. The predicted octanol–water partition coefficient (Wildman–Crippen LogP) is 3.54. The van der Waals surface area contributed by atoms with Gasteiger partial charge in [0.15, 0.2) is 0 Å². The van der Waals surface area contributed by atoms with Crippen LogP contribution in [0.5, 0.6) is 0 Å². The van der Waals surface area contributed by atoms with E-state index >= 15 is 0 Å². The van der Waals surface area contributed by atoms with Gasteiger partial charge in [-0.05, 0) is 59.4 Å². The molecule has 1 aliphatic rings. The Morgan fingerprint density at radius 2 is 2.30 bits per heavy atom. The third-order valence-electron chi connectivity index (χ3n) is 3.63. The Labute approximate surface area is 130 Å². The summed E-state index contributed by atoms with van der Waals surface area (Å²) in [4.78, 5) is 2.43. The fourth-order valence-corrected chi connectivity index (χ4v) is 3.15. The van der Waals surface area contributed by atoms with Gasteiger partial charge in [0.1, 0.15) is 6.07 Å². The minimum Gasteiger partial charge on any atom is -0.370 e. The number of nitriles is 1. The SMILES string of the molecule is CC(C)CN(CC1CCCN1)c1ccc(C#N)c(Br)c1. The third-order valence-corrected chi connectivity index (χ3v) is 4.28. The van der Waals surface area contributed by atoms with Crippen molar-refractivity contribution in [2.45, 2.75) is 32.7 Å². The monoisotopic (exact) mass is 335 g/mol. The lowest BCUT2D eigenvalue weighted by molar-refractivity contribution is 0.541. The largest absolute Gasteiger partial charge is 0.370 e. The Hall–Kier alpha value is -1.05. The summed E-state index contributed by atoms with van der Waals surface area (Å²) >= 11 is 3.49. The zero-order valence-electron chi connectivity index (χ0n) is 12.2. The lowest BCUT2D eigenvalue weighted by Crippen LogP contribution is -2.39. The van der Waals surface area contributed by atoms with Gasteiger partial charge in [0, 0.05) is 29.3 Å². The lowest BCUT2D eigenvalue weighted by atomic mass is 10.1. The molecule has 1 heterocycles. The van der Waals surface area contributed by atoms with Crippen molar-refractivity contribution in [3.8, 4) is 6.07 Å². The Bertz CT molecular complexity index is 487. The maximum absolute atomic E-state index is 9.02. The zero-order chi connectivity index (χ0) is 14.5. The maximum Gasteiger partial charge on any atom is 0.100 e. The van der Waals surface area contributed by atoms with Gasteiger partial charge in [0.2, 0.25) is 0 Å². The van der Waals surface area contributed by atoms with Gasteiger partial charge in [0.05, 0.1) is 5.56 Å². The number of rotatable bonds is 5. The summed E-state index contributed by atoms with van der Waals surface area (Å²) < 4.78 is 0.880. The molecule has 1 fully saturated rings. The van der Waals surface area contributed by atoms with Crippen molar-refractivity contribution in [3.05, 3.63) is 28.2 Å². The van der Waals surface area contributed by atoms with E-state index in [4.69, 9.17) is 5.26 Å². The van der Waals surface area contributed by atoms with Gasteiger partial charge in [-0.25, -0.2) is 0 Å². The van der Waals surface area contributed by atoms with Crippen molar-refractivity contribution >= 4 is 21.6 Å². The van der Waals surface area contributed by atoms with Crippen molar-refractivity contribution in [1.82, 2.24) is 5.32 Å². The molecule has 0 amide bonds. The number of hydrogen-bond donors (Lipinski definition) is 1. The molecule has 0 saturated carbocycles. The van der Waals surface area contributed by atoms with Crippen LogP contribution in [0.3, 0.4) is 0 Å². The van der Waals surface area contributed by atoms with E-state index in [1.807, 2.05) is 6.07 Å². The number of halogens is 1. The van der Waals surface area contributed by atoms with Crippen LogP contribution in [0, 0.1) is 17.2 Å². The summed E-state index contributed by atoms with van der Waals surface area (Å²) in [6.07, 6.45) is 2.53. The van der Waals surface area contributed by atoms with Gasteiger partial charge in [-0.2, -0.15) is 5.26 Å². The van der Waals surface area contributed by atoms with E-state index in [-0.39, 0.29) is 0 Å². The van der Waals surface area contributed by atoms with Gasteiger partial charge in [0.25, 0.3) is 0 Å². The lowest BCUT2D eigenvalue weighted by Gasteiger charge is -2.29. The quantitative estimate of drug-likeness (QED) is 0.894. The minimum atomic E-state index is 0.586. The molecule has 0 aliphatic carbocycles. The molecule has 1 unspecified atom stereocenters. The van der Waals surface area contributed by atoms with Crippen LogP contribution in [0.25, 0.3) is 0 Å². The smallest absolute Gasteiger partial charge is 0.100 e. The molecule has 1 N–H and O–H groups in total. The molecule has 108 valence electrons. The number of hydrogen-bond acceptors (Lipinski definition) is 3. The van der Waals surface area contributed by atoms with Gasteiger partial charge in [-0.1, -0.05) is 13.8 Å². The summed E-state index contributed by atoms with van der Waals surface area (Å²) in [6, 6.07) is 8.80. The van der Waals surface area contributed by atoms with Crippen molar-refractivity contribution < 1.29 is 0 Å². The fourth-order valence-electron chi connectivity index (χ4n) is 2.70. The van der Waals surface area contributed by atoms with Crippen molar-refractivity contribution in [1.29, 1.82) is 5.26 Å². The second-order valence-electron chi connectivity index (χ2n) is 5.87.